The van der Waals surface area contributed by atoms with Crippen molar-refractivity contribution in [1.82, 2.24) is 5.32 Å². The molecule has 0 saturated carbocycles. The first-order valence-corrected chi connectivity index (χ1v) is 5.39. The highest BCUT2D eigenvalue weighted by Crippen LogP contribution is 2.16. The van der Waals surface area contributed by atoms with Gasteiger partial charge in [-0.15, -0.1) is 0 Å². The fourth-order valence-electron chi connectivity index (χ4n) is 1.24. The molecule has 0 aliphatic heterocycles. The molecule has 1 aromatic rings. The molecule has 100 valence electrons. The van der Waals surface area contributed by atoms with Crippen molar-refractivity contribution in [2.45, 2.75) is 32.7 Å². The third kappa shape index (κ3) is 4.65. The molecule has 3 nitrogen and oxygen atoms in total. The third-order valence-electron chi connectivity index (χ3n) is 2.01. The van der Waals surface area contributed by atoms with Gasteiger partial charge in [0.1, 0.15) is 5.75 Å². The van der Waals surface area contributed by atoms with E-state index < -0.39 is 12.1 Å². The molecule has 0 radical (unpaired) electrons. The maximum Gasteiger partial charge on any atom is 0.471 e. The Bertz CT molecular complexity index is 399. The molecule has 0 fully saturated rings. The first kappa shape index (κ1) is 14.3. The Balaban J connectivity index is 2.52. The first-order valence-electron chi connectivity index (χ1n) is 5.39. The van der Waals surface area contributed by atoms with Crippen LogP contribution < -0.4 is 10.1 Å². The molecule has 1 amide bonds. The van der Waals surface area contributed by atoms with E-state index in [1.54, 1.807) is 29.6 Å². The van der Waals surface area contributed by atoms with Crippen LogP contribution in [-0.2, 0) is 11.3 Å². The Kier molecular flexibility index (Phi) is 4.58. The van der Waals surface area contributed by atoms with E-state index in [-0.39, 0.29) is 12.6 Å². The lowest BCUT2D eigenvalue weighted by atomic mass is 10.2. The second kappa shape index (κ2) is 5.75. The Morgan fingerprint density at radius 2 is 1.83 bits per heavy atom. The number of nitrogens with one attached hydrogen (secondary N) is 1. The summed E-state index contributed by atoms with van der Waals surface area (Å²) >= 11 is 0. The van der Waals surface area contributed by atoms with Crippen LogP contribution >= 0.6 is 0 Å². The van der Waals surface area contributed by atoms with Crippen molar-refractivity contribution >= 4 is 5.91 Å². The molecular weight excluding hydrogens is 247 g/mol. The monoisotopic (exact) mass is 261 g/mol. The summed E-state index contributed by atoms with van der Waals surface area (Å²) in [5.41, 5.74) is 0.573. The zero-order valence-electron chi connectivity index (χ0n) is 10.0. The van der Waals surface area contributed by atoms with Crippen LogP contribution in [-0.4, -0.2) is 18.2 Å². The molecule has 0 unspecified atom stereocenters. The predicted octanol–water partition coefficient (Wildman–Crippen LogP) is 2.65. The number of carbonyl (C=O) groups is 1. The number of alkyl halides is 3. The molecule has 0 bridgehead atoms. The van der Waals surface area contributed by atoms with E-state index in [2.05, 4.69) is 0 Å². The van der Waals surface area contributed by atoms with Crippen LogP contribution in [0.1, 0.15) is 19.4 Å². The van der Waals surface area contributed by atoms with Gasteiger partial charge in [-0.1, -0.05) is 12.1 Å². The van der Waals surface area contributed by atoms with Crippen molar-refractivity contribution < 1.29 is 22.7 Å². The Labute approximate surface area is 103 Å². The second-order valence-electron chi connectivity index (χ2n) is 3.99. The maximum absolute atomic E-state index is 11.9. The van der Waals surface area contributed by atoms with Gasteiger partial charge >= 0.3 is 12.1 Å². The number of benzene rings is 1. The Morgan fingerprint density at radius 1 is 1.28 bits per heavy atom. The van der Waals surface area contributed by atoms with Gasteiger partial charge in [-0.3, -0.25) is 4.79 Å². The van der Waals surface area contributed by atoms with Crippen molar-refractivity contribution in [3.05, 3.63) is 29.8 Å². The SMILES string of the molecule is CC(C)Oc1ccc(CNC(=O)C(F)(F)F)cc1. The van der Waals surface area contributed by atoms with Gasteiger partial charge in [0.15, 0.2) is 0 Å². The van der Waals surface area contributed by atoms with Gasteiger partial charge in [-0.05, 0) is 31.5 Å². The van der Waals surface area contributed by atoms with Crippen LogP contribution in [0.2, 0.25) is 0 Å². The number of rotatable bonds is 4. The highest BCUT2D eigenvalue weighted by Gasteiger charge is 2.38. The molecule has 0 atom stereocenters. The van der Waals surface area contributed by atoms with Gasteiger partial charge in [-0.2, -0.15) is 13.2 Å². The topological polar surface area (TPSA) is 38.3 Å². The lowest BCUT2D eigenvalue weighted by Gasteiger charge is -2.11. The second-order valence-corrected chi connectivity index (χ2v) is 3.99. The smallest absolute Gasteiger partial charge is 0.471 e. The summed E-state index contributed by atoms with van der Waals surface area (Å²) in [7, 11) is 0. The number of hydrogen-bond acceptors (Lipinski definition) is 2. The summed E-state index contributed by atoms with van der Waals surface area (Å²) in [6.45, 7) is 3.58. The van der Waals surface area contributed by atoms with Crippen LogP contribution in [0.5, 0.6) is 5.75 Å². The highest BCUT2D eigenvalue weighted by molar-refractivity contribution is 5.81. The number of carbonyl (C=O) groups excluding carboxylic acids is 1. The van der Waals surface area contributed by atoms with Gasteiger partial charge < -0.3 is 10.1 Å². The zero-order valence-corrected chi connectivity index (χ0v) is 10.0. The normalized spacial score (nSPS) is 11.4. The summed E-state index contributed by atoms with van der Waals surface area (Å²) in [6, 6.07) is 6.51. The number of halogens is 3. The van der Waals surface area contributed by atoms with Gasteiger partial charge in [0, 0.05) is 6.54 Å². The minimum absolute atomic E-state index is 0.0285. The fraction of sp³-hybridized carbons (Fsp3) is 0.417. The summed E-state index contributed by atoms with van der Waals surface area (Å²) < 4.78 is 41.2. The van der Waals surface area contributed by atoms with Gasteiger partial charge in [0.05, 0.1) is 6.10 Å². The summed E-state index contributed by atoms with van der Waals surface area (Å²) in [5, 5.41) is 1.79. The number of hydrogen-bond donors (Lipinski definition) is 1. The average molecular weight is 261 g/mol. The van der Waals surface area contributed by atoms with Crippen molar-refractivity contribution in [2.24, 2.45) is 0 Å². The molecule has 0 saturated heterocycles. The third-order valence-corrected chi connectivity index (χ3v) is 2.01. The van der Waals surface area contributed by atoms with Gasteiger partial charge in [-0.25, -0.2) is 0 Å². The van der Waals surface area contributed by atoms with Crippen LogP contribution in [0.3, 0.4) is 0 Å². The molecule has 0 spiro atoms. The molecule has 0 aliphatic rings. The zero-order chi connectivity index (χ0) is 13.8. The molecule has 18 heavy (non-hydrogen) atoms. The standard InChI is InChI=1S/C12H14F3NO2/c1-8(2)18-10-5-3-9(4-6-10)7-16-11(17)12(13,14)15/h3-6,8H,7H2,1-2H3,(H,16,17). The van der Waals surface area contributed by atoms with E-state index >= 15 is 0 Å². The largest absolute Gasteiger partial charge is 0.491 e. The van der Waals surface area contributed by atoms with E-state index in [0.29, 0.717) is 11.3 Å². The van der Waals surface area contributed by atoms with E-state index in [9.17, 15) is 18.0 Å². The van der Waals surface area contributed by atoms with Crippen molar-refractivity contribution in [2.75, 3.05) is 0 Å². The summed E-state index contributed by atoms with van der Waals surface area (Å²) in [4.78, 5) is 10.6. The van der Waals surface area contributed by atoms with Crippen LogP contribution in [0.4, 0.5) is 13.2 Å². The van der Waals surface area contributed by atoms with Crippen LogP contribution in [0.25, 0.3) is 0 Å². The number of ether oxygens (including phenoxy) is 1. The molecule has 6 heteroatoms. The minimum Gasteiger partial charge on any atom is -0.491 e. The summed E-state index contributed by atoms with van der Waals surface area (Å²) in [6.07, 6.45) is -4.82. The van der Waals surface area contributed by atoms with Crippen molar-refractivity contribution in [1.29, 1.82) is 0 Å². The lowest BCUT2D eigenvalue weighted by Crippen LogP contribution is -2.36. The minimum atomic E-state index is -4.85. The quantitative estimate of drug-likeness (QED) is 0.904. The van der Waals surface area contributed by atoms with E-state index in [1.807, 2.05) is 13.8 Å². The highest BCUT2D eigenvalue weighted by atomic mass is 19.4. The summed E-state index contributed by atoms with van der Waals surface area (Å²) in [5.74, 6) is -1.30. The maximum atomic E-state index is 11.9. The Morgan fingerprint density at radius 3 is 2.28 bits per heavy atom. The molecule has 1 rings (SSSR count). The predicted molar refractivity (Wildman–Crippen MR) is 60.1 cm³/mol. The van der Waals surface area contributed by atoms with E-state index in [1.165, 1.54) is 0 Å². The first-order chi connectivity index (χ1) is 8.29. The van der Waals surface area contributed by atoms with Crippen molar-refractivity contribution in [3.8, 4) is 5.75 Å². The molecule has 0 heterocycles. The van der Waals surface area contributed by atoms with Crippen LogP contribution in [0.15, 0.2) is 24.3 Å². The van der Waals surface area contributed by atoms with Crippen molar-refractivity contribution in [3.63, 3.8) is 0 Å². The molecular formula is C12H14F3NO2. The fourth-order valence-corrected chi connectivity index (χ4v) is 1.24. The van der Waals surface area contributed by atoms with E-state index in [0.717, 1.165) is 0 Å². The lowest BCUT2D eigenvalue weighted by molar-refractivity contribution is -0.173. The van der Waals surface area contributed by atoms with Gasteiger partial charge in [0.2, 0.25) is 0 Å². The van der Waals surface area contributed by atoms with Gasteiger partial charge in [0.25, 0.3) is 0 Å². The number of amides is 1. The Hall–Kier alpha value is -1.72. The van der Waals surface area contributed by atoms with E-state index in [4.69, 9.17) is 4.74 Å². The molecule has 1 aromatic carbocycles. The molecule has 0 aliphatic carbocycles. The molecule has 0 aromatic heterocycles. The average Bonchev–Trinajstić information content (AvgIpc) is 2.25. The van der Waals surface area contributed by atoms with Crippen LogP contribution in [0, 0.1) is 0 Å². The molecule has 1 N–H and O–H groups in total.